The monoisotopic (exact) mass is 281 g/mol. The van der Waals surface area contributed by atoms with Crippen LogP contribution in [0.5, 0.6) is 0 Å². The van der Waals surface area contributed by atoms with Crippen molar-refractivity contribution in [2.24, 2.45) is 5.92 Å². The van der Waals surface area contributed by atoms with Crippen LogP contribution < -0.4 is 5.32 Å². The van der Waals surface area contributed by atoms with Gasteiger partial charge in [0.15, 0.2) is 0 Å². The molecule has 0 heterocycles. The summed E-state index contributed by atoms with van der Waals surface area (Å²) in [6, 6.07) is 4.83. The van der Waals surface area contributed by atoms with E-state index in [9.17, 15) is 18.0 Å². The largest absolute Gasteiger partial charge is 0.416 e. The average molecular weight is 281 g/mol. The zero-order valence-corrected chi connectivity index (χ0v) is 10.8. The molecule has 2 nitrogen and oxygen atoms in total. The van der Waals surface area contributed by atoms with Crippen LogP contribution in [-0.4, -0.2) is 12.5 Å². The summed E-state index contributed by atoms with van der Waals surface area (Å²) in [5, 5.41) is 2.66. The molecular weight excluding hydrogens is 267 g/mol. The Labute approximate surface area is 115 Å². The summed E-state index contributed by atoms with van der Waals surface area (Å²) in [6.07, 6.45) is -1.47. The van der Waals surface area contributed by atoms with Crippen molar-refractivity contribution in [3.63, 3.8) is 0 Å². The first-order valence-corrected chi connectivity index (χ1v) is 6.40. The molecule has 1 saturated carbocycles. The lowest BCUT2D eigenvalue weighted by molar-refractivity contribution is -0.137. The number of carbonyl (C=O) groups is 1. The molecule has 0 unspecified atom stereocenters. The molecule has 0 bridgehead atoms. The maximum atomic E-state index is 12.5. The number of amides is 1. The average Bonchev–Trinajstić information content (AvgIpc) is 2.32. The van der Waals surface area contributed by atoms with E-state index in [0.717, 1.165) is 31.4 Å². The number of carbonyl (C=O) groups excluding carboxylic acids is 1. The fraction of sp³-hybridized carbons (Fsp3) is 0.400. The van der Waals surface area contributed by atoms with E-state index in [0.29, 0.717) is 0 Å². The molecule has 0 spiro atoms. The second-order valence-corrected chi connectivity index (χ2v) is 4.73. The standard InChI is InChI=1S/C15H14F3NO/c16-15(17,18)13-8-1-4-11(10-13)5-3-9-19-14(20)12-6-2-7-12/h1,4,8,10,12H,2,6-7,9H2,(H,19,20). The van der Waals surface area contributed by atoms with Gasteiger partial charge < -0.3 is 5.32 Å². The van der Waals surface area contributed by atoms with Crippen molar-refractivity contribution >= 4 is 5.91 Å². The highest BCUT2D eigenvalue weighted by Crippen LogP contribution is 2.29. The molecule has 0 aliphatic heterocycles. The summed E-state index contributed by atoms with van der Waals surface area (Å²) in [5.41, 5.74) is -0.430. The molecule has 2 rings (SSSR count). The van der Waals surface area contributed by atoms with Gasteiger partial charge in [-0.25, -0.2) is 0 Å². The molecular formula is C15H14F3NO. The zero-order valence-electron chi connectivity index (χ0n) is 10.8. The minimum atomic E-state index is -4.36. The van der Waals surface area contributed by atoms with Crippen molar-refractivity contribution in [3.05, 3.63) is 35.4 Å². The maximum absolute atomic E-state index is 12.5. The minimum absolute atomic E-state index is 0.0189. The molecule has 0 aromatic heterocycles. The summed E-state index contributed by atoms with van der Waals surface area (Å²) in [7, 11) is 0. The minimum Gasteiger partial charge on any atom is -0.345 e. The number of hydrogen-bond acceptors (Lipinski definition) is 1. The summed E-state index contributed by atoms with van der Waals surface area (Å²) < 4.78 is 37.5. The molecule has 0 radical (unpaired) electrons. The van der Waals surface area contributed by atoms with E-state index in [1.54, 1.807) is 0 Å². The zero-order chi connectivity index (χ0) is 14.6. The van der Waals surface area contributed by atoms with Gasteiger partial charge in [-0.15, -0.1) is 0 Å². The fourth-order valence-electron chi connectivity index (χ4n) is 1.87. The Morgan fingerprint density at radius 3 is 2.70 bits per heavy atom. The van der Waals surface area contributed by atoms with Crippen molar-refractivity contribution in [3.8, 4) is 11.8 Å². The van der Waals surface area contributed by atoms with E-state index in [1.165, 1.54) is 12.1 Å². The Bertz CT molecular complexity index is 550. The van der Waals surface area contributed by atoms with Crippen LogP contribution in [-0.2, 0) is 11.0 Å². The Hall–Kier alpha value is -1.96. The second kappa shape index (κ2) is 6.00. The molecule has 1 aliphatic rings. The smallest absolute Gasteiger partial charge is 0.345 e. The molecule has 1 aromatic rings. The van der Waals surface area contributed by atoms with Crippen LogP contribution >= 0.6 is 0 Å². The fourth-order valence-corrected chi connectivity index (χ4v) is 1.87. The van der Waals surface area contributed by atoms with Gasteiger partial charge in [-0.05, 0) is 31.0 Å². The van der Waals surface area contributed by atoms with E-state index in [4.69, 9.17) is 0 Å². The van der Waals surface area contributed by atoms with Crippen molar-refractivity contribution in [2.75, 3.05) is 6.54 Å². The highest BCUT2D eigenvalue weighted by Gasteiger charge is 2.30. The molecule has 1 aromatic carbocycles. The van der Waals surface area contributed by atoms with Gasteiger partial charge in [0.05, 0.1) is 12.1 Å². The van der Waals surface area contributed by atoms with Crippen LogP contribution in [0.4, 0.5) is 13.2 Å². The SMILES string of the molecule is O=C(NCC#Cc1cccc(C(F)(F)F)c1)C1CCC1. The predicted octanol–water partition coefficient (Wildman–Crippen LogP) is 2.97. The van der Waals surface area contributed by atoms with Gasteiger partial charge in [-0.2, -0.15) is 13.2 Å². The molecule has 0 saturated heterocycles. The Morgan fingerprint density at radius 2 is 2.10 bits per heavy atom. The van der Waals surface area contributed by atoms with E-state index >= 15 is 0 Å². The van der Waals surface area contributed by atoms with Gasteiger partial charge in [-0.3, -0.25) is 4.79 Å². The van der Waals surface area contributed by atoms with Gasteiger partial charge in [0.25, 0.3) is 0 Å². The topological polar surface area (TPSA) is 29.1 Å². The number of halogens is 3. The highest BCUT2D eigenvalue weighted by atomic mass is 19.4. The molecule has 0 atom stereocenters. The lowest BCUT2D eigenvalue weighted by atomic mass is 9.85. The summed E-state index contributed by atoms with van der Waals surface area (Å²) in [5.74, 6) is 5.36. The normalized spacial score (nSPS) is 14.9. The summed E-state index contributed by atoms with van der Waals surface area (Å²) in [4.78, 5) is 11.5. The Kier molecular flexibility index (Phi) is 4.33. The van der Waals surface area contributed by atoms with Gasteiger partial charge in [-0.1, -0.05) is 24.3 Å². The highest BCUT2D eigenvalue weighted by molar-refractivity contribution is 5.79. The lowest BCUT2D eigenvalue weighted by Crippen LogP contribution is -2.34. The third-order valence-electron chi connectivity index (χ3n) is 3.25. The number of rotatable bonds is 2. The molecule has 5 heteroatoms. The van der Waals surface area contributed by atoms with Crippen molar-refractivity contribution < 1.29 is 18.0 Å². The molecule has 1 amide bonds. The van der Waals surface area contributed by atoms with Crippen LogP contribution in [0, 0.1) is 17.8 Å². The summed E-state index contributed by atoms with van der Waals surface area (Å²) in [6.45, 7) is 0.158. The number of nitrogens with one attached hydrogen (secondary N) is 1. The van der Waals surface area contributed by atoms with Crippen molar-refractivity contribution in [2.45, 2.75) is 25.4 Å². The predicted molar refractivity (Wildman–Crippen MR) is 68.7 cm³/mol. The Morgan fingerprint density at radius 1 is 1.35 bits per heavy atom. The third-order valence-corrected chi connectivity index (χ3v) is 3.25. The van der Waals surface area contributed by atoms with Gasteiger partial charge >= 0.3 is 6.18 Å². The number of hydrogen-bond donors (Lipinski definition) is 1. The third kappa shape index (κ3) is 3.77. The van der Waals surface area contributed by atoms with Crippen molar-refractivity contribution in [1.29, 1.82) is 0 Å². The second-order valence-electron chi connectivity index (χ2n) is 4.73. The molecule has 106 valence electrons. The van der Waals surface area contributed by atoms with E-state index in [2.05, 4.69) is 17.2 Å². The van der Waals surface area contributed by atoms with Crippen LogP contribution in [0.3, 0.4) is 0 Å². The molecule has 20 heavy (non-hydrogen) atoms. The van der Waals surface area contributed by atoms with Gasteiger partial charge in [0.2, 0.25) is 5.91 Å². The van der Waals surface area contributed by atoms with E-state index in [1.807, 2.05) is 0 Å². The summed E-state index contributed by atoms with van der Waals surface area (Å²) >= 11 is 0. The van der Waals surface area contributed by atoms with E-state index in [-0.39, 0.29) is 23.9 Å². The first-order valence-electron chi connectivity index (χ1n) is 6.40. The maximum Gasteiger partial charge on any atom is 0.416 e. The first-order chi connectivity index (χ1) is 9.47. The Balaban J connectivity index is 1.90. The molecule has 1 N–H and O–H groups in total. The van der Waals surface area contributed by atoms with Crippen LogP contribution in [0.15, 0.2) is 24.3 Å². The first kappa shape index (κ1) is 14.4. The van der Waals surface area contributed by atoms with E-state index < -0.39 is 11.7 Å². The molecule has 1 aliphatic carbocycles. The lowest BCUT2D eigenvalue weighted by Gasteiger charge is -2.23. The van der Waals surface area contributed by atoms with Gasteiger partial charge in [0, 0.05) is 11.5 Å². The van der Waals surface area contributed by atoms with Crippen LogP contribution in [0.1, 0.15) is 30.4 Å². The van der Waals surface area contributed by atoms with Crippen molar-refractivity contribution in [1.82, 2.24) is 5.32 Å². The van der Waals surface area contributed by atoms with Crippen LogP contribution in [0.2, 0.25) is 0 Å². The number of alkyl halides is 3. The molecule has 1 fully saturated rings. The van der Waals surface area contributed by atoms with Crippen LogP contribution in [0.25, 0.3) is 0 Å². The van der Waals surface area contributed by atoms with Gasteiger partial charge in [0.1, 0.15) is 0 Å². The number of benzene rings is 1. The quantitative estimate of drug-likeness (QED) is 0.830.